The molecule has 0 atom stereocenters. The summed E-state index contributed by atoms with van der Waals surface area (Å²) in [6.07, 6.45) is 10.7. The summed E-state index contributed by atoms with van der Waals surface area (Å²) in [4.78, 5) is 2.70. The second-order valence-electron chi connectivity index (χ2n) is 8.11. The topological polar surface area (TPSA) is 29.3 Å². The molecule has 0 heterocycles. The van der Waals surface area contributed by atoms with Crippen LogP contribution in [0, 0.1) is 11.3 Å². The SMILES string of the molecule is CN(C1CCC(N)CC1)C1CCC(C(C)(C)C)CC1. The van der Waals surface area contributed by atoms with Crippen LogP contribution in [0.2, 0.25) is 0 Å². The second-order valence-corrected chi connectivity index (χ2v) is 8.11. The van der Waals surface area contributed by atoms with Gasteiger partial charge >= 0.3 is 0 Å². The fourth-order valence-electron chi connectivity index (χ4n) is 4.16. The van der Waals surface area contributed by atoms with Crippen LogP contribution in [0.5, 0.6) is 0 Å². The number of nitrogens with two attached hydrogens (primary N) is 1. The first kappa shape index (κ1) is 15.3. The van der Waals surface area contributed by atoms with E-state index in [4.69, 9.17) is 5.73 Å². The first-order chi connectivity index (χ1) is 8.88. The smallest absolute Gasteiger partial charge is 0.00962 e. The van der Waals surface area contributed by atoms with Gasteiger partial charge in [-0.25, -0.2) is 0 Å². The van der Waals surface area contributed by atoms with E-state index in [1.165, 1.54) is 51.4 Å². The van der Waals surface area contributed by atoms with E-state index in [1.54, 1.807) is 0 Å². The first-order valence-corrected chi connectivity index (χ1v) is 8.35. The van der Waals surface area contributed by atoms with E-state index < -0.39 is 0 Å². The zero-order valence-corrected chi connectivity index (χ0v) is 13.5. The van der Waals surface area contributed by atoms with Crippen molar-refractivity contribution in [3.63, 3.8) is 0 Å². The molecule has 2 heteroatoms. The van der Waals surface area contributed by atoms with E-state index in [9.17, 15) is 0 Å². The van der Waals surface area contributed by atoms with Crippen molar-refractivity contribution in [2.45, 2.75) is 90.3 Å². The highest BCUT2D eigenvalue weighted by Crippen LogP contribution is 2.39. The largest absolute Gasteiger partial charge is 0.328 e. The van der Waals surface area contributed by atoms with Gasteiger partial charge in [-0.3, -0.25) is 0 Å². The van der Waals surface area contributed by atoms with Gasteiger partial charge in [0, 0.05) is 18.1 Å². The van der Waals surface area contributed by atoms with Gasteiger partial charge in [0.1, 0.15) is 0 Å². The van der Waals surface area contributed by atoms with Crippen molar-refractivity contribution in [3.8, 4) is 0 Å². The van der Waals surface area contributed by atoms with Crippen LogP contribution in [-0.4, -0.2) is 30.1 Å². The van der Waals surface area contributed by atoms with Crippen LogP contribution < -0.4 is 5.73 Å². The van der Waals surface area contributed by atoms with Crippen molar-refractivity contribution in [1.29, 1.82) is 0 Å². The van der Waals surface area contributed by atoms with E-state index >= 15 is 0 Å². The van der Waals surface area contributed by atoms with E-state index in [1.807, 2.05) is 0 Å². The third kappa shape index (κ3) is 3.95. The summed E-state index contributed by atoms with van der Waals surface area (Å²) in [6, 6.07) is 2.11. The molecule has 112 valence electrons. The molecular weight excluding hydrogens is 232 g/mol. The predicted octanol–water partition coefficient (Wildman–Crippen LogP) is 3.79. The molecule has 0 radical (unpaired) electrons. The molecule has 2 N–H and O–H groups in total. The van der Waals surface area contributed by atoms with Crippen LogP contribution in [0.15, 0.2) is 0 Å². The maximum atomic E-state index is 6.02. The van der Waals surface area contributed by atoms with E-state index in [2.05, 4.69) is 32.7 Å². The standard InChI is InChI=1S/C17H34N2/c1-17(2,3)13-5-9-15(10-6-13)19(4)16-11-7-14(18)8-12-16/h13-16H,5-12,18H2,1-4H3. The molecule has 0 aromatic carbocycles. The summed E-state index contributed by atoms with van der Waals surface area (Å²) in [6.45, 7) is 7.22. The third-order valence-electron chi connectivity index (χ3n) is 5.81. The monoisotopic (exact) mass is 266 g/mol. The highest BCUT2D eigenvalue weighted by molar-refractivity contribution is 4.88. The van der Waals surface area contributed by atoms with Gasteiger partial charge in [0.05, 0.1) is 0 Å². The highest BCUT2D eigenvalue weighted by atomic mass is 15.2. The lowest BCUT2D eigenvalue weighted by Crippen LogP contribution is -2.46. The fraction of sp³-hybridized carbons (Fsp3) is 1.00. The van der Waals surface area contributed by atoms with Gasteiger partial charge in [-0.1, -0.05) is 20.8 Å². The quantitative estimate of drug-likeness (QED) is 0.824. The molecule has 0 amide bonds. The molecule has 0 spiro atoms. The minimum absolute atomic E-state index is 0.473. The molecule has 2 aliphatic rings. The molecular formula is C17H34N2. The van der Waals surface area contributed by atoms with Crippen molar-refractivity contribution >= 4 is 0 Å². The lowest BCUT2D eigenvalue weighted by atomic mass is 9.71. The summed E-state index contributed by atoms with van der Waals surface area (Å²) in [5.41, 5.74) is 6.52. The molecule has 0 unspecified atom stereocenters. The lowest BCUT2D eigenvalue weighted by molar-refractivity contribution is 0.0703. The Morgan fingerprint density at radius 3 is 1.63 bits per heavy atom. The molecule has 0 aliphatic heterocycles. The van der Waals surface area contributed by atoms with Crippen molar-refractivity contribution < 1.29 is 0 Å². The second kappa shape index (κ2) is 6.13. The van der Waals surface area contributed by atoms with Crippen molar-refractivity contribution in [1.82, 2.24) is 4.90 Å². The molecule has 2 fully saturated rings. The Labute approximate surface area is 120 Å². The first-order valence-electron chi connectivity index (χ1n) is 8.35. The van der Waals surface area contributed by atoms with Crippen molar-refractivity contribution in [3.05, 3.63) is 0 Å². The van der Waals surface area contributed by atoms with Crippen LogP contribution in [0.4, 0.5) is 0 Å². The van der Waals surface area contributed by atoms with Crippen LogP contribution in [0.1, 0.15) is 72.1 Å². The van der Waals surface area contributed by atoms with Crippen molar-refractivity contribution in [2.75, 3.05) is 7.05 Å². The molecule has 0 saturated heterocycles. The van der Waals surface area contributed by atoms with Gasteiger partial charge in [-0.15, -0.1) is 0 Å². The zero-order valence-electron chi connectivity index (χ0n) is 13.5. The average molecular weight is 266 g/mol. The summed E-state index contributed by atoms with van der Waals surface area (Å²) >= 11 is 0. The molecule has 0 bridgehead atoms. The summed E-state index contributed by atoms with van der Waals surface area (Å²) in [7, 11) is 2.36. The summed E-state index contributed by atoms with van der Waals surface area (Å²) in [5, 5.41) is 0. The summed E-state index contributed by atoms with van der Waals surface area (Å²) in [5.74, 6) is 0.928. The summed E-state index contributed by atoms with van der Waals surface area (Å²) < 4.78 is 0. The maximum absolute atomic E-state index is 6.02. The Morgan fingerprint density at radius 1 is 0.789 bits per heavy atom. The van der Waals surface area contributed by atoms with Gasteiger partial charge in [-0.05, 0) is 69.7 Å². The van der Waals surface area contributed by atoms with Crippen LogP contribution in [0.25, 0.3) is 0 Å². The van der Waals surface area contributed by atoms with Gasteiger partial charge < -0.3 is 10.6 Å². The molecule has 2 saturated carbocycles. The zero-order chi connectivity index (χ0) is 14.0. The minimum Gasteiger partial charge on any atom is -0.328 e. The minimum atomic E-state index is 0.473. The van der Waals surface area contributed by atoms with Gasteiger partial charge in [0.25, 0.3) is 0 Å². The molecule has 2 nitrogen and oxygen atoms in total. The lowest BCUT2D eigenvalue weighted by Gasteiger charge is -2.43. The maximum Gasteiger partial charge on any atom is 0.00962 e. The number of rotatable bonds is 2. The third-order valence-corrected chi connectivity index (χ3v) is 5.81. The normalized spacial score (nSPS) is 37.6. The fourth-order valence-corrected chi connectivity index (χ4v) is 4.16. The molecule has 2 rings (SSSR count). The Balaban J connectivity index is 1.81. The van der Waals surface area contributed by atoms with E-state index in [0.29, 0.717) is 11.5 Å². The Kier molecular flexibility index (Phi) is 4.94. The van der Waals surface area contributed by atoms with Crippen LogP contribution >= 0.6 is 0 Å². The molecule has 0 aromatic rings. The van der Waals surface area contributed by atoms with E-state index in [0.717, 1.165) is 18.0 Å². The number of hydrogen-bond acceptors (Lipinski definition) is 2. The van der Waals surface area contributed by atoms with E-state index in [-0.39, 0.29) is 0 Å². The Bertz CT molecular complexity index is 265. The molecule has 19 heavy (non-hydrogen) atoms. The van der Waals surface area contributed by atoms with Crippen LogP contribution in [0.3, 0.4) is 0 Å². The van der Waals surface area contributed by atoms with Gasteiger partial charge in [-0.2, -0.15) is 0 Å². The van der Waals surface area contributed by atoms with Gasteiger partial charge in [0.15, 0.2) is 0 Å². The number of hydrogen-bond donors (Lipinski definition) is 1. The Hall–Kier alpha value is -0.0800. The highest BCUT2D eigenvalue weighted by Gasteiger charge is 2.33. The Morgan fingerprint density at radius 2 is 1.21 bits per heavy atom. The number of nitrogens with zero attached hydrogens (tertiary/aromatic N) is 1. The van der Waals surface area contributed by atoms with Crippen LogP contribution in [-0.2, 0) is 0 Å². The van der Waals surface area contributed by atoms with Crippen molar-refractivity contribution in [2.24, 2.45) is 17.1 Å². The average Bonchev–Trinajstić information content (AvgIpc) is 2.38. The molecule has 0 aromatic heterocycles. The molecule has 2 aliphatic carbocycles. The predicted molar refractivity (Wildman–Crippen MR) is 83.2 cm³/mol. The van der Waals surface area contributed by atoms with Gasteiger partial charge in [0.2, 0.25) is 0 Å².